The van der Waals surface area contributed by atoms with Gasteiger partial charge in [-0.3, -0.25) is 0 Å². The second-order valence-corrected chi connectivity index (χ2v) is 5.65. The van der Waals surface area contributed by atoms with E-state index in [1.54, 1.807) is 12.5 Å². The Balaban J connectivity index is 1.95. The van der Waals surface area contributed by atoms with Crippen molar-refractivity contribution in [3.8, 4) is 5.75 Å². The van der Waals surface area contributed by atoms with Gasteiger partial charge in [0.05, 0.1) is 30.2 Å². The highest BCUT2D eigenvalue weighted by atomic mass is 16.5. The minimum absolute atomic E-state index is 0.359. The fourth-order valence-corrected chi connectivity index (χ4v) is 3.00. The lowest BCUT2D eigenvalue weighted by molar-refractivity contribution is -0.0204. The topological polar surface area (TPSA) is 73.3 Å². The molecule has 2 aromatic rings. The predicted molar refractivity (Wildman–Crippen MR) is 80.0 cm³/mol. The van der Waals surface area contributed by atoms with E-state index in [0.717, 1.165) is 23.6 Å². The van der Waals surface area contributed by atoms with Gasteiger partial charge in [-0.2, -0.15) is 0 Å². The first kappa shape index (κ1) is 14.1. The zero-order valence-electron chi connectivity index (χ0n) is 12.2. The summed E-state index contributed by atoms with van der Waals surface area (Å²) in [5.74, 6) is 0.887. The van der Waals surface area contributed by atoms with E-state index in [9.17, 15) is 5.11 Å². The van der Waals surface area contributed by atoms with Crippen molar-refractivity contribution in [1.29, 1.82) is 0 Å². The summed E-state index contributed by atoms with van der Waals surface area (Å²) in [6, 6.07) is 7.93. The van der Waals surface area contributed by atoms with Crippen molar-refractivity contribution in [3.63, 3.8) is 0 Å². The van der Waals surface area contributed by atoms with Crippen LogP contribution in [0.25, 0.3) is 0 Å². The molecule has 1 aliphatic heterocycles. The molecule has 0 radical (unpaired) electrons. The molecule has 5 nitrogen and oxygen atoms in total. The molecule has 2 atom stereocenters. The smallest absolute Gasteiger partial charge is 0.122 e. The zero-order chi connectivity index (χ0) is 14.9. The Labute approximate surface area is 124 Å². The molecule has 0 fully saturated rings. The van der Waals surface area contributed by atoms with Gasteiger partial charge < -0.3 is 20.1 Å². The van der Waals surface area contributed by atoms with Crippen LogP contribution in [-0.2, 0) is 13.0 Å². The molecule has 112 valence electrons. The van der Waals surface area contributed by atoms with E-state index >= 15 is 0 Å². The third kappa shape index (κ3) is 2.32. The minimum Gasteiger partial charge on any atom is -0.493 e. The number of aliphatic hydroxyl groups excluding tert-OH is 1. The van der Waals surface area contributed by atoms with E-state index < -0.39 is 11.5 Å². The van der Waals surface area contributed by atoms with Gasteiger partial charge in [-0.05, 0) is 25.0 Å². The van der Waals surface area contributed by atoms with Gasteiger partial charge >= 0.3 is 0 Å². The Bertz CT molecular complexity index is 625. The van der Waals surface area contributed by atoms with Crippen LogP contribution in [0.4, 0.5) is 0 Å². The zero-order valence-corrected chi connectivity index (χ0v) is 12.2. The van der Waals surface area contributed by atoms with E-state index in [2.05, 4.69) is 4.98 Å². The van der Waals surface area contributed by atoms with Crippen LogP contribution in [0.1, 0.15) is 24.3 Å². The largest absolute Gasteiger partial charge is 0.493 e. The fourth-order valence-electron chi connectivity index (χ4n) is 3.00. The van der Waals surface area contributed by atoms with E-state index in [1.165, 1.54) is 0 Å². The molecule has 0 bridgehead atoms. The molecule has 3 N–H and O–H groups in total. The van der Waals surface area contributed by atoms with E-state index in [1.807, 2.05) is 35.8 Å². The van der Waals surface area contributed by atoms with Crippen LogP contribution in [0, 0.1) is 5.41 Å². The lowest BCUT2D eigenvalue weighted by Crippen LogP contribution is -2.46. The summed E-state index contributed by atoms with van der Waals surface area (Å²) < 4.78 is 7.80. The number of para-hydroxylation sites is 1. The van der Waals surface area contributed by atoms with Gasteiger partial charge in [-0.15, -0.1) is 0 Å². The van der Waals surface area contributed by atoms with Crippen LogP contribution in [0.3, 0.4) is 0 Å². The first-order valence-electron chi connectivity index (χ1n) is 7.29. The molecule has 1 aromatic heterocycles. The monoisotopic (exact) mass is 287 g/mol. The van der Waals surface area contributed by atoms with E-state index in [-0.39, 0.29) is 0 Å². The molecule has 0 saturated carbocycles. The molecular weight excluding hydrogens is 266 g/mol. The van der Waals surface area contributed by atoms with Crippen molar-refractivity contribution >= 4 is 0 Å². The standard InChI is InChI=1S/C16H21N3O2/c1-2-19-11-18-8-13(19)15(20)16(9-17)7-12-5-3-4-6-14(12)21-10-16/h3-6,8,11,15,20H,2,7,9-10,17H2,1H3. The maximum Gasteiger partial charge on any atom is 0.122 e. The second kappa shape index (κ2) is 5.50. The van der Waals surface area contributed by atoms with Crippen molar-refractivity contribution < 1.29 is 9.84 Å². The van der Waals surface area contributed by atoms with Crippen LogP contribution >= 0.6 is 0 Å². The van der Waals surface area contributed by atoms with Crippen LogP contribution in [0.5, 0.6) is 5.75 Å². The Morgan fingerprint density at radius 2 is 2.29 bits per heavy atom. The van der Waals surface area contributed by atoms with Gasteiger partial charge in [-0.25, -0.2) is 4.98 Å². The van der Waals surface area contributed by atoms with Crippen LogP contribution in [-0.4, -0.2) is 27.8 Å². The van der Waals surface area contributed by atoms with Gasteiger partial charge in [0, 0.05) is 13.1 Å². The van der Waals surface area contributed by atoms with Crippen molar-refractivity contribution in [2.45, 2.75) is 26.0 Å². The Hall–Kier alpha value is -1.85. The molecule has 21 heavy (non-hydrogen) atoms. The predicted octanol–water partition coefficient (Wildman–Crippen LogP) is 1.52. The van der Waals surface area contributed by atoms with Gasteiger partial charge in [0.15, 0.2) is 0 Å². The average Bonchev–Trinajstić information content (AvgIpc) is 3.02. The molecule has 0 saturated heterocycles. The molecular formula is C16H21N3O2. The molecule has 0 amide bonds. The number of aryl methyl sites for hydroxylation is 1. The number of benzene rings is 1. The Morgan fingerprint density at radius 3 is 3.05 bits per heavy atom. The number of fused-ring (bicyclic) bond motifs is 1. The molecule has 3 rings (SSSR count). The van der Waals surface area contributed by atoms with E-state index in [4.69, 9.17) is 10.5 Å². The number of hydrogen-bond donors (Lipinski definition) is 2. The lowest BCUT2D eigenvalue weighted by atomic mass is 9.74. The van der Waals surface area contributed by atoms with Crippen molar-refractivity contribution in [2.24, 2.45) is 11.1 Å². The van der Waals surface area contributed by atoms with Crippen LogP contribution < -0.4 is 10.5 Å². The molecule has 2 unspecified atom stereocenters. The summed E-state index contributed by atoms with van der Waals surface area (Å²) in [5.41, 5.74) is 7.40. The Morgan fingerprint density at radius 1 is 1.48 bits per heavy atom. The van der Waals surface area contributed by atoms with Gasteiger partial charge in [0.25, 0.3) is 0 Å². The van der Waals surface area contributed by atoms with Gasteiger partial charge in [0.1, 0.15) is 11.9 Å². The lowest BCUT2D eigenvalue weighted by Gasteiger charge is -2.40. The van der Waals surface area contributed by atoms with Crippen molar-refractivity contribution in [3.05, 3.63) is 48.0 Å². The number of aliphatic hydroxyl groups is 1. The summed E-state index contributed by atoms with van der Waals surface area (Å²) in [7, 11) is 0. The molecule has 1 aromatic carbocycles. The van der Waals surface area contributed by atoms with E-state index in [0.29, 0.717) is 19.6 Å². The summed E-state index contributed by atoms with van der Waals surface area (Å²) in [6.07, 6.45) is 3.46. The molecule has 0 spiro atoms. The minimum atomic E-state index is -0.696. The number of ether oxygens (including phenoxy) is 1. The number of hydrogen-bond acceptors (Lipinski definition) is 4. The summed E-state index contributed by atoms with van der Waals surface area (Å²) in [5, 5.41) is 10.9. The Kier molecular flexibility index (Phi) is 3.69. The van der Waals surface area contributed by atoms with Crippen LogP contribution in [0.2, 0.25) is 0 Å². The summed E-state index contributed by atoms with van der Waals surface area (Å²) in [4.78, 5) is 4.14. The molecule has 5 heteroatoms. The fraction of sp³-hybridized carbons (Fsp3) is 0.438. The number of nitrogens with zero attached hydrogens (tertiary/aromatic N) is 2. The quantitative estimate of drug-likeness (QED) is 0.894. The molecule has 1 aliphatic rings. The van der Waals surface area contributed by atoms with Gasteiger partial charge in [0.2, 0.25) is 0 Å². The van der Waals surface area contributed by atoms with Crippen molar-refractivity contribution in [2.75, 3.05) is 13.2 Å². The third-order valence-corrected chi connectivity index (χ3v) is 4.38. The number of nitrogens with two attached hydrogens (primary N) is 1. The first-order chi connectivity index (χ1) is 10.2. The average molecular weight is 287 g/mol. The number of rotatable bonds is 4. The summed E-state index contributed by atoms with van der Waals surface area (Å²) in [6.45, 7) is 3.57. The SMILES string of the molecule is CCn1cncc1C(O)C1(CN)COc2ccccc2C1. The normalized spacial score (nSPS) is 22.4. The first-order valence-corrected chi connectivity index (χ1v) is 7.29. The molecule has 0 aliphatic carbocycles. The highest BCUT2D eigenvalue weighted by Gasteiger charge is 2.43. The summed E-state index contributed by atoms with van der Waals surface area (Å²) >= 11 is 0. The highest BCUT2D eigenvalue weighted by molar-refractivity contribution is 5.37. The van der Waals surface area contributed by atoms with Crippen LogP contribution in [0.15, 0.2) is 36.8 Å². The number of imidazole rings is 1. The number of aromatic nitrogens is 2. The maximum absolute atomic E-state index is 10.9. The maximum atomic E-state index is 10.9. The third-order valence-electron chi connectivity index (χ3n) is 4.38. The highest BCUT2D eigenvalue weighted by Crippen LogP contribution is 2.42. The van der Waals surface area contributed by atoms with Gasteiger partial charge in [-0.1, -0.05) is 18.2 Å². The molecule has 2 heterocycles. The second-order valence-electron chi connectivity index (χ2n) is 5.65. The van der Waals surface area contributed by atoms with Crippen molar-refractivity contribution in [1.82, 2.24) is 9.55 Å².